The van der Waals surface area contributed by atoms with E-state index in [4.69, 9.17) is 0 Å². The maximum atomic E-state index is 12.1. The van der Waals surface area contributed by atoms with Crippen LogP contribution in [0, 0.1) is 0 Å². The second-order valence-electron chi connectivity index (χ2n) is 4.39. The molecule has 3 heteroatoms. The molecule has 0 unspecified atom stereocenters. The summed E-state index contributed by atoms with van der Waals surface area (Å²) in [5, 5.41) is 4.81. The fraction of sp³-hybridized carbons (Fsp3) is 0.0625. The number of hydrogen-bond acceptors (Lipinski definition) is 2. The topological polar surface area (TPSA) is 44.9 Å². The third-order valence-corrected chi connectivity index (χ3v) is 3.24. The Labute approximate surface area is 110 Å². The number of aromatic amines is 1. The molecule has 3 nitrogen and oxygen atoms in total. The van der Waals surface area contributed by atoms with Gasteiger partial charge in [0, 0.05) is 23.7 Å². The largest absolute Gasteiger partial charge is 0.388 e. The zero-order valence-corrected chi connectivity index (χ0v) is 10.6. The number of H-pyrrole nitrogens is 1. The van der Waals surface area contributed by atoms with Crippen LogP contribution in [-0.4, -0.2) is 12.0 Å². The van der Waals surface area contributed by atoms with Crippen molar-refractivity contribution in [1.29, 1.82) is 0 Å². The lowest BCUT2D eigenvalue weighted by Gasteiger charge is -2.09. The molecule has 2 aromatic carbocycles. The predicted molar refractivity (Wildman–Crippen MR) is 79.6 cm³/mol. The van der Waals surface area contributed by atoms with Gasteiger partial charge in [0.15, 0.2) is 0 Å². The summed E-state index contributed by atoms with van der Waals surface area (Å²) >= 11 is 0. The van der Waals surface area contributed by atoms with Gasteiger partial charge in [-0.3, -0.25) is 4.79 Å². The minimum atomic E-state index is -0.0565. The van der Waals surface area contributed by atoms with Gasteiger partial charge < -0.3 is 10.3 Å². The summed E-state index contributed by atoms with van der Waals surface area (Å²) in [7, 11) is 1.87. The molecule has 94 valence electrons. The van der Waals surface area contributed by atoms with Gasteiger partial charge in [-0.1, -0.05) is 36.4 Å². The number of benzene rings is 2. The van der Waals surface area contributed by atoms with Gasteiger partial charge >= 0.3 is 0 Å². The summed E-state index contributed by atoms with van der Waals surface area (Å²) in [5.41, 5.74) is 2.76. The van der Waals surface area contributed by atoms with Crippen molar-refractivity contribution in [2.45, 2.75) is 0 Å². The molecular formula is C16H14N2O. The lowest BCUT2D eigenvalue weighted by atomic mass is 10.1. The Morgan fingerprint density at radius 3 is 2.58 bits per heavy atom. The van der Waals surface area contributed by atoms with Gasteiger partial charge in [-0.15, -0.1) is 0 Å². The second-order valence-corrected chi connectivity index (χ2v) is 4.39. The van der Waals surface area contributed by atoms with Crippen LogP contribution in [0.15, 0.2) is 59.4 Å². The highest BCUT2D eigenvalue weighted by Gasteiger charge is 2.06. The summed E-state index contributed by atoms with van der Waals surface area (Å²) in [4.78, 5) is 15.0. The van der Waals surface area contributed by atoms with E-state index in [1.165, 1.54) is 0 Å². The van der Waals surface area contributed by atoms with Crippen LogP contribution in [0.3, 0.4) is 0 Å². The van der Waals surface area contributed by atoms with Crippen molar-refractivity contribution in [2.75, 3.05) is 12.4 Å². The molecule has 0 saturated carbocycles. The molecule has 0 radical (unpaired) electrons. The highest BCUT2D eigenvalue weighted by atomic mass is 16.1. The maximum absolute atomic E-state index is 12.1. The molecule has 0 aliphatic heterocycles. The van der Waals surface area contributed by atoms with Crippen molar-refractivity contribution in [3.63, 3.8) is 0 Å². The first-order valence-electron chi connectivity index (χ1n) is 6.19. The lowest BCUT2D eigenvalue weighted by molar-refractivity contribution is 1.27. The first-order chi connectivity index (χ1) is 9.29. The molecule has 0 fully saturated rings. The summed E-state index contributed by atoms with van der Waals surface area (Å²) in [6.07, 6.45) is 0. The number of hydrogen-bond donors (Lipinski definition) is 2. The number of anilines is 1. The van der Waals surface area contributed by atoms with E-state index in [0.29, 0.717) is 5.39 Å². The lowest BCUT2D eigenvalue weighted by Crippen LogP contribution is -2.07. The molecular weight excluding hydrogens is 236 g/mol. The normalized spacial score (nSPS) is 10.6. The van der Waals surface area contributed by atoms with Gasteiger partial charge in [0.2, 0.25) is 0 Å². The van der Waals surface area contributed by atoms with E-state index < -0.39 is 0 Å². The minimum Gasteiger partial charge on any atom is -0.388 e. The van der Waals surface area contributed by atoms with Gasteiger partial charge in [0.05, 0.1) is 5.69 Å². The van der Waals surface area contributed by atoms with E-state index in [1.807, 2.05) is 61.6 Å². The van der Waals surface area contributed by atoms with Gasteiger partial charge in [0.25, 0.3) is 5.56 Å². The molecule has 0 aliphatic rings. The number of aromatic nitrogens is 1. The van der Waals surface area contributed by atoms with E-state index in [2.05, 4.69) is 10.3 Å². The molecule has 3 rings (SSSR count). The van der Waals surface area contributed by atoms with Crippen LogP contribution in [0.2, 0.25) is 0 Å². The van der Waals surface area contributed by atoms with Crippen LogP contribution < -0.4 is 10.9 Å². The van der Waals surface area contributed by atoms with Crippen molar-refractivity contribution in [1.82, 2.24) is 4.98 Å². The van der Waals surface area contributed by atoms with Crippen molar-refractivity contribution in [3.8, 4) is 11.3 Å². The highest BCUT2D eigenvalue weighted by molar-refractivity contribution is 5.87. The predicted octanol–water partition coefficient (Wildman–Crippen LogP) is 3.24. The third-order valence-electron chi connectivity index (χ3n) is 3.24. The summed E-state index contributed by atoms with van der Waals surface area (Å²) in [6, 6.07) is 17.5. The Kier molecular flexibility index (Phi) is 2.80. The number of fused-ring (bicyclic) bond motifs is 1. The number of nitrogens with one attached hydrogen (secondary N) is 2. The molecule has 19 heavy (non-hydrogen) atoms. The molecule has 3 aromatic rings. The smallest absolute Gasteiger partial charge is 0.256 e. The first kappa shape index (κ1) is 11.5. The number of para-hydroxylation sites is 1. The first-order valence-corrected chi connectivity index (χ1v) is 6.19. The van der Waals surface area contributed by atoms with E-state index in [0.717, 1.165) is 22.3 Å². The monoisotopic (exact) mass is 250 g/mol. The molecule has 0 bridgehead atoms. The van der Waals surface area contributed by atoms with Crippen molar-refractivity contribution >= 4 is 16.5 Å². The number of rotatable bonds is 2. The van der Waals surface area contributed by atoms with Crippen LogP contribution >= 0.6 is 0 Å². The van der Waals surface area contributed by atoms with Gasteiger partial charge in [-0.25, -0.2) is 0 Å². The molecule has 2 N–H and O–H groups in total. The quantitative estimate of drug-likeness (QED) is 0.733. The Balaban J connectivity index is 2.29. The van der Waals surface area contributed by atoms with Crippen molar-refractivity contribution in [2.24, 2.45) is 0 Å². The van der Waals surface area contributed by atoms with Gasteiger partial charge in [-0.2, -0.15) is 0 Å². The highest BCUT2D eigenvalue weighted by Crippen LogP contribution is 2.26. The summed E-state index contributed by atoms with van der Waals surface area (Å²) in [6.45, 7) is 0. The fourth-order valence-corrected chi connectivity index (χ4v) is 2.29. The number of pyridine rings is 1. The van der Waals surface area contributed by atoms with E-state index in [9.17, 15) is 4.79 Å². The van der Waals surface area contributed by atoms with E-state index in [-0.39, 0.29) is 5.56 Å². The van der Waals surface area contributed by atoms with Crippen molar-refractivity contribution < 1.29 is 0 Å². The van der Waals surface area contributed by atoms with Crippen LogP contribution in [0.1, 0.15) is 0 Å². The molecule has 1 aromatic heterocycles. The second kappa shape index (κ2) is 4.61. The molecule has 1 heterocycles. The Morgan fingerprint density at radius 1 is 1.00 bits per heavy atom. The maximum Gasteiger partial charge on any atom is 0.256 e. The molecule has 0 atom stereocenters. The third kappa shape index (κ3) is 1.99. The van der Waals surface area contributed by atoms with Gasteiger partial charge in [0.1, 0.15) is 0 Å². The molecule has 0 amide bonds. The standard InChI is InChI=1S/C16H14N2O/c1-17-14-9-5-4-8-13(14)15-10-11-6-2-3-7-12(11)16(19)18-15/h2-10,17H,1H3,(H,18,19). The Hall–Kier alpha value is -2.55. The van der Waals surface area contributed by atoms with E-state index >= 15 is 0 Å². The molecule has 0 spiro atoms. The van der Waals surface area contributed by atoms with Crippen LogP contribution in [0.5, 0.6) is 0 Å². The molecule has 0 aliphatic carbocycles. The SMILES string of the molecule is CNc1ccccc1-c1cc2ccccc2c(=O)[nH]1. The Morgan fingerprint density at radius 2 is 1.74 bits per heavy atom. The average molecular weight is 250 g/mol. The van der Waals surface area contributed by atoms with E-state index in [1.54, 1.807) is 0 Å². The molecule has 0 saturated heterocycles. The van der Waals surface area contributed by atoms with Crippen LogP contribution in [0.4, 0.5) is 5.69 Å². The van der Waals surface area contributed by atoms with Crippen LogP contribution in [0.25, 0.3) is 22.0 Å². The zero-order valence-electron chi connectivity index (χ0n) is 10.6. The zero-order chi connectivity index (χ0) is 13.2. The van der Waals surface area contributed by atoms with Crippen LogP contribution in [-0.2, 0) is 0 Å². The summed E-state index contributed by atoms with van der Waals surface area (Å²) in [5.74, 6) is 0. The summed E-state index contributed by atoms with van der Waals surface area (Å²) < 4.78 is 0. The minimum absolute atomic E-state index is 0.0565. The Bertz CT molecular complexity index is 790. The fourth-order valence-electron chi connectivity index (χ4n) is 2.29. The van der Waals surface area contributed by atoms with Gasteiger partial charge in [-0.05, 0) is 23.6 Å². The average Bonchev–Trinajstić information content (AvgIpc) is 2.47. The van der Waals surface area contributed by atoms with Crippen molar-refractivity contribution in [3.05, 3.63) is 65.0 Å².